The van der Waals surface area contributed by atoms with Gasteiger partial charge in [0, 0.05) is 16.8 Å². The number of ether oxygens (including phenoxy) is 1. The van der Waals surface area contributed by atoms with Crippen LogP contribution in [0.2, 0.25) is 0 Å². The van der Waals surface area contributed by atoms with Crippen LogP contribution in [0.3, 0.4) is 0 Å². The van der Waals surface area contributed by atoms with Gasteiger partial charge in [-0.25, -0.2) is 9.78 Å². The minimum absolute atomic E-state index is 0.0309. The fourth-order valence-corrected chi connectivity index (χ4v) is 3.95. The molecule has 0 unspecified atom stereocenters. The summed E-state index contributed by atoms with van der Waals surface area (Å²) in [7, 11) is 0. The Morgan fingerprint density at radius 3 is 2.57 bits per heavy atom. The molecule has 9 heteroatoms. The van der Waals surface area contributed by atoms with Crippen molar-refractivity contribution in [1.29, 1.82) is 0 Å². The maximum Gasteiger partial charge on any atom is 0.338 e. The van der Waals surface area contributed by atoms with E-state index in [0.29, 0.717) is 22.0 Å². The number of rotatable bonds is 8. The highest BCUT2D eigenvalue weighted by molar-refractivity contribution is 7.09. The summed E-state index contributed by atoms with van der Waals surface area (Å²) in [6, 6.07) is 15.6. The van der Waals surface area contributed by atoms with E-state index in [0.717, 1.165) is 16.8 Å². The molecule has 35 heavy (non-hydrogen) atoms. The number of amides is 2. The van der Waals surface area contributed by atoms with Crippen molar-refractivity contribution in [2.75, 3.05) is 10.6 Å². The van der Waals surface area contributed by atoms with Crippen LogP contribution in [0.25, 0.3) is 0 Å². The summed E-state index contributed by atoms with van der Waals surface area (Å²) in [6.07, 6.45) is 1.54. The molecule has 0 fully saturated rings. The van der Waals surface area contributed by atoms with Gasteiger partial charge in [-0.05, 0) is 55.8 Å². The first kappa shape index (κ1) is 23.9. The molecular weight excluding hydrogens is 466 g/mol. The summed E-state index contributed by atoms with van der Waals surface area (Å²) in [5.74, 6) is -0.963. The molecule has 0 saturated heterocycles. The lowest BCUT2D eigenvalue weighted by atomic mass is 10.1. The Labute approximate surface area is 206 Å². The predicted molar refractivity (Wildman–Crippen MR) is 133 cm³/mol. The van der Waals surface area contributed by atoms with Crippen LogP contribution in [0.4, 0.5) is 11.4 Å². The number of anilines is 2. The third-order valence-corrected chi connectivity index (χ3v) is 5.96. The Bertz CT molecular complexity index is 1340. The first-order valence-corrected chi connectivity index (χ1v) is 11.7. The molecule has 0 spiro atoms. The number of aryl methyl sites for hydroxylation is 2. The number of aromatic nitrogens is 1. The maximum absolute atomic E-state index is 12.6. The van der Waals surface area contributed by atoms with E-state index < -0.39 is 11.9 Å². The molecule has 0 aliphatic rings. The largest absolute Gasteiger partial charge is 0.459 e. The minimum atomic E-state index is -0.551. The number of carbonyl (C=O) groups is 3. The Morgan fingerprint density at radius 1 is 1.03 bits per heavy atom. The molecule has 0 radical (unpaired) electrons. The van der Waals surface area contributed by atoms with Crippen LogP contribution >= 0.6 is 11.3 Å². The van der Waals surface area contributed by atoms with E-state index in [4.69, 9.17) is 9.15 Å². The lowest BCUT2D eigenvalue weighted by Crippen LogP contribution is -2.14. The van der Waals surface area contributed by atoms with Gasteiger partial charge in [-0.15, -0.1) is 11.3 Å². The molecule has 2 heterocycles. The summed E-state index contributed by atoms with van der Waals surface area (Å²) in [6.45, 7) is 3.77. The van der Waals surface area contributed by atoms with E-state index in [1.807, 2.05) is 38.1 Å². The van der Waals surface area contributed by atoms with E-state index in [9.17, 15) is 14.4 Å². The Morgan fingerprint density at radius 2 is 1.83 bits per heavy atom. The van der Waals surface area contributed by atoms with Crippen LogP contribution in [0.1, 0.15) is 42.7 Å². The van der Waals surface area contributed by atoms with Crippen molar-refractivity contribution in [3.8, 4) is 0 Å². The van der Waals surface area contributed by atoms with Gasteiger partial charge in [0.15, 0.2) is 5.76 Å². The third-order valence-electron chi connectivity index (χ3n) is 5.06. The van der Waals surface area contributed by atoms with Gasteiger partial charge >= 0.3 is 5.97 Å². The van der Waals surface area contributed by atoms with Crippen molar-refractivity contribution < 1.29 is 23.5 Å². The number of nitrogens with one attached hydrogen (secondary N) is 2. The molecule has 2 amide bonds. The quantitative estimate of drug-likeness (QED) is 0.332. The van der Waals surface area contributed by atoms with E-state index in [-0.39, 0.29) is 24.7 Å². The van der Waals surface area contributed by atoms with Crippen molar-refractivity contribution in [3.63, 3.8) is 0 Å². The van der Waals surface area contributed by atoms with Crippen molar-refractivity contribution >= 4 is 40.5 Å². The third kappa shape index (κ3) is 6.42. The fraction of sp³-hybridized carbons (Fsp3) is 0.154. The Kier molecular flexibility index (Phi) is 7.37. The molecule has 4 rings (SSSR count). The maximum atomic E-state index is 12.6. The van der Waals surface area contributed by atoms with E-state index in [1.54, 1.807) is 35.7 Å². The monoisotopic (exact) mass is 489 g/mol. The molecule has 0 aliphatic carbocycles. The molecule has 0 saturated carbocycles. The molecule has 0 aliphatic heterocycles. The fourth-order valence-electron chi connectivity index (χ4n) is 3.17. The highest BCUT2D eigenvalue weighted by atomic mass is 32.1. The zero-order chi connectivity index (χ0) is 24.8. The zero-order valence-electron chi connectivity index (χ0n) is 19.2. The number of carbonyl (C=O) groups excluding carboxylic acids is 3. The predicted octanol–water partition coefficient (Wildman–Crippen LogP) is 5.14. The normalized spacial score (nSPS) is 10.6. The summed E-state index contributed by atoms with van der Waals surface area (Å²) in [5, 5.41) is 7.95. The average Bonchev–Trinajstić information content (AvgIpc) is 3.53. The van der Waals surface area contributed by atoms with Crippen LogP contribution in [0.5, 0.6) is 0 Å². The molecule has 2 N–H and O–H groups in total. The van der Waals surface area contributed by atoms with Gasteiger partial charge in [-0.3, -0.25) is 9.59 Å². The first-order chi connectivity index (χ1) is 16.9. The molecular formula is C26H23N3O5S. The lowest BCUT2D eigenvalue weighted by molar-refractivity contribution is -0.115. The number of hydrogen-bond acceptors (Lipinski definition) is 7. The van der Waals surface area contributed by atoms with Crippen molar-refractivity contribution in [2.45, 2.75) is 26.9 Å². The second-order valence-electron chi connectivity index (χ2n) is 7.86. The summed E-state index contributed by atoms with van der Waals surface area (Å²) >= 11 is 1.33. The molecule has 2 aromatic heterocycles. The number of furan rings is 1. The zero-order valence-corrected chi connectivity index (χ0v) is 20.0. The molecule has 178 valence electrons. The number of thiazole rings is 1. The molecule has 0 atom stereocenters. The van der Waals surface area contributed by atoms with Crippen LogP contribution in [-0.2, 0) is 22.6 Å². The number of nitrogens with zero attached hydrogens (tertiary/aromatic N) is 1. The van der Waals surface area contributed by atoms with Crippen LogP contribution in [-0.4, -0.2) is 22.8 Å². The van der Waals surface area contributed by atoms with Gasteiger partial charge in [0.25, 0.3) is 5.91 Å². The topological polar surface area (TPSA) is 111 Å². The summed E-state index contributed by atoms with van der Waals surface area (Å²) < 4.78 is 10.5. The minimum Gasteiger partial charge on any atom is -0.459 e. The Hall–Kier alpha value is -4.24. The van der Waals surface area contributed by atoms with Gasteiger partial charge in [0.2, 0.25) is 5.91 Å². The number of hydrogen-bond donors (Lipinski definition) is 2. The molecule has 4 aromatic rings. The summed E-state index contributed by atoms with van der Waals surface area (Å²) in [4.78, 5) is 41.5. The van der Waals surface area contributed by atoms with E-state index in [1.165, 1.54) is 17.6 Å². The van der Waals surface area contributed by atoms with Crippen molar-refractivity contribution in [3.05, 3.63) is 99.4 Å². The second kappa shape index (κ2) is 10.8. The highest BCUT2D eigenvalue weighted by Gasteiger charge is 2.15. The van der Waals surface area contributed by atoms with Crippen molar-refractivity contribution in [1.82, 2.24) is 4.98 Å². The SMILES string of the molecule is Cc1ccc(NC(=O)Cc2nc(COC(=O)c3ccc(C)c(NC(=O)c4ccco4)c3)cs2)cc1. The summed E-state index contributed by atoms with van der Waals surface area (Å²) in [5.41, 5.74) is 3.95. The standard InChI is InChI=1S/C26H23N3O5S/c1-16-5-9-19(10-6-16)27-23(30)13-24-28-20(15-35-24)14-34-26(32)18-8-7-17(2)21(12-18)29-25(31)22-4-3-11-33-22/h3-12,15H,13-14H2,1-2H3,(H,27,30)(H,29,31). The highest BCUT2D eigenvalue weighted by Crippen LogP contribution is 2.20. The van der Waals surface area contributed by atoms with Gasteiger partial charge in [-0.1, -0.05) is 23.8 Å². The van der Waals surface area contributed by atoms with Gasteiger partial charge < -0.3 is 19.8 Å². The lowest BCUT2D eigenvalue weighted by Gasteiger charge is -2.09. The van der Waals surface area contributed by atoms with Crippen LogP contribution in [0.15, 0.2) is 70.7 Å². The van der Waals surface area contributed by atoms with Crippen molar-refractivity contribution in [2.24, 2.45) is 0 Å². The van der Waals surface area contributed by atoms with Gasteiger partial charge in [0.05, 0.1) is 23.9 Å². The van der Waals surface area contributed by atoms with Gasteiger partial charge in [0.1, 0.15) is 11.6 Å². The number of benzene rings is 2. The van der Waals surface area contributed by atoms with Crippen LogP contribution in [0, 0.1) is 13.8 Å². The van der Waals surface area contributed by atoms with E-state index in [2.05, 4.69) is 15.6 Å². The smallest absolute Gasteiger partial charge is 0.338 e. The van der Waals surface area contributed by atoms with Gasteiger partial charge in [-0.2, -0.15) is 0 Å². The first-order valence-electron chi connectivity index (χ1n) is 10.8. The number of esters is 1. The molecule has 8 nitrogen and oxygen atoms in total. The molecule has 0 bridgehead atoms. The molecule has 2 aromatic carbocycles. The Balaban J connectivity index is 1.31. The van der Waals surface area contributed by atoms with Crippen LogP contribution < -0.4 is 10.6 Å². The van der Waals surface area contributed by atoms with E-state index >= 15 is 0 Å². The second-order valence-corrected chi connectivity index (χ2v) is 8.80. The average molecular weight is 490 g/mol.